The lowest BCUT2D eigenvalue weighted by atomic mass is 9.60. The molecule has 6 aromatic rings. The van der Waals surface area contributed by atoms with Crippen molar-refractivity contribution in [3.8, 4) is 33.4 Å². The van der Waals surface area contributed by atoms with E-state index in [2.05, 4.69) is 175 Å². The van der Waals surface area contributed by atoms with Crippen molar-refractivity contribution in [2.75, 3.05) is 4.90 Å². The fourth-order valence-electron chi connectivity index (χ4n) is 11.5. The third kappa shape index (κ3) is 4.90. The zero-order valence-corrected chi connectivity index (χ0v) is 30.2. The van der Waals surface area contributed by atoms with Crippen molar-refractivity contribution in [2.24, 2.45) is 23.7 Å². The second-order valence-corrected chi connectivity index (χ2v) is 16.4. The Kier molecular flexibility index (Phi) is 7.26. The first-order chi connectivity index (χ1) is 26.2. The standard InChI is InChI=1S/C52H45N/c1-3-12-35(13-4-1)37-22-25-43(26-23-37)53(44-17-11-16-38(32-44)36-14-5-2-6-15-36)51-21-10-8-18-45(51)39-24-27-50-48(33-39)46-19-7-9-20-49(46)52(50)29-28-40-30-41-31-42(52)34-47(40)41/h1-15,17-27,32-33,38,40-42,47H,16,28-31,34H2/t38?,40?,41-,42?,47?,52-/m1/s1. The molecule has 0 amide bonds. The molecule has 5 aliphatic rings. The van der Waals surface area contributed by atoms with Crippen molar-refractivity contribution in [2.45, 2.75) is 49.9 Å². The largest absolute Gasteiger partial charge is 0.310 e. The molecule has 0 N–H and O–H groups in total. The number of hydrogen-bond acceptors (Lipinski definition) is 1. The minimum absolute atomic E-state index is 0.169. The van der Waals surface area contributed by atoms with Gasteiger partial charge < -0.3 is 4.90 Å². The van der Waals surface area contributed by atoms with Crippen LogP contribution in [0.15, 0.2) is 176 Å². The highest BCUT2D eigenvalue weighted by Gasteiger charge is 2.59. The molecule has 0 saturated heterocycles. The minimum atomic E-state index is 0.169. The molecule has 6 atom stereocenters. The zero-order valence-electron chi connectivity index (χ0n) is 30.2. The van der Waals surface area contributed by atoms with E-state index in [-0.39, 0.29) is 5.41 Å². The van der Waals surface area contributed by atoms with E-state index < -0.39 is 0 Å². The lowest BCUT2D eigenvalue weighted by molar-refractivity contribution is 0.0864. The van der Waals surface area contributed by atoms with Crippen molar-refractivity contribution in [3.63, 3.8) is 0 Å². The van der Waals surface area contributed by atoms with Crippen LogP contribution in [0.3, 0.4) is 0 Å². The summed E-state index contributed by atoms with van der Waals surface area (Å²) in [5.41, 5.74) is 16.3. The molecule has 0 heterocycles. The van der Waals surface area contributed by atoms with E-state index in [9.17, 15) is 0 Å². The van der Waals surface area contributed by atoms with Crippen LogP contribution in [0.1, 0.15) is 61.1 Å². The topological polar surface area (TPSA) is 3.24 Å². The molecular weight excluding hydrogens is 639 g/mol. The first-order valence-corrected chi connectivity index (χ1v) is 20.0. The van der Waals surface area contributed by atoms with Gasteiger partial charge in [-0.15, -0.1) is 0 Å². The molecule has 1 heteroatoms. The summed E-state index contributed by atoms with van der Waals surface area (Å²) in [6, 6.07) is 56.9. The summed E-state index contributed by atoms with van der Waals surface area (Å²) >= 11 is 0. The van der Waals surface area contributed by atoms with E-state index >= 15 is 0 Å². The van der Waals surface area contributed by atoms with Gasteiger partial charge in [-0.1, -0.05) is 140 Å². The SMILES string of the molecule is C1=CC(N(c2ccc(-c3ccccc3)cc2)c2ccccc2-c2ccc3c(c2)-c2ccccc2[C@]32CCC3C[C@@H]4CC2CC34)=CC(c2ccccc2)C1. The van der Waals surface area contributed by atoms with Crippen LogP contribution in [-0.4, -0.2) is 0 Å². The molecule has 2 bridgehead atoms. The number of rotatable bonds is 6. The lowest BCUT2D eigenvalue weighted by Crippen LogP contribution is -2.37. The normalized spacial score (nSPS) is 26.0. The molecule has 1 spiro atoms. The summed E-state index contributed by atoms with van der Waals surface area (Å²) < 4.78 is 0. The van der Waals surface area contributed by atoms with Crippen molar-refractivity contribution >= 4 is 11.4 Å². The fraction of sp³-hybridized carbons (Fsp3) is 0.231. The molecule has 0 radical (unpaired) electrons. The van der Waals surface area contributed by atoms with Gasteiger partial charge in [0.1, 0.15) is 0 Å². The Morgan fingerprint density at radius 1 is 0.547 bits per heavy atom. The van der Waals surface area contributed by atoms with Crippen molar-refractivity contribution in [3.05, 3.63) is 192 Å². The van der Waals surface area contributed by atoms with Crippen LogP contribution in [0, 0.1) is 23.7 Å². The van der Waals surface area contributed by atoms with Crippen LogP contribution in [-0.2, 0) is 5.41 Å². The Morgan fingerprint density at radius 3 is 2.09 bits per heavy atom. The quantitative estimate of drug-likeness (QED) is 0.169. The summed E-state index contributed by atoms with van der Waals surface area (Å²) in [6.45, 7) is 0. The van der Waals surface area contributed by atoms with Gasteiger partial charge in [0.25, 0.3) is 0 Å². The first-order valence-electron chi connectivity index (χ1n) is 20.0. The maximum absolute atomic E-state index is 2.55. The molecule has 5 aliphatic carbocycles. The Labute approximate surface area is 314 Å². The summed E-state index contributed by atoms with van der Waals surface area (Å²) in [5.74, 6) is 4.01. The van der Waals surface area contributed by atoms with Gasteiger partial charge in [-0.25, -0.2) is 0 Å². The zero-order chi connectivity index (χ0) is 34.9. The number of nitrogens with zero attached hydrogens (tertiary/aromatic N) is 1. The molecule has 3 fully saturated rings. The van der Waals surface area contributed by atoms with Crippen LogP contribution < -0.4 is 4.90 Å². The van der Waals surface area contributed by atoms with Gasteiger partial charge in [-0.3, -0.25) is 0 Å². The van der Waals surface area contributed by atoms with E-state index in [0.717, 1.165) is 30.1 Å². The highest BCUT2D eigenvalue weighted by Crippen LogP contribution is 2.68. The van der Waals surface area contributed by atoms with Crippen LogP contribution in [0.5, 0.6) is 0 Å². The smallest absolute Gasteiger partial charge is 0.0539 e. The van der Waals surface area contributed by atoms with Crippen molar-refractivity contribution < 1.29 is 0 Å². The average Bonchev–Trinajstić information content (AvgIpc) is 3.66. The van der Waals surface area contributed by atoms with Crippen molar-refractivity contribution in [1.82, 2.24) is 0 Å². The predicted molar refractivity (Wildman–Crippen MR) is 220 cm³/mol. The van der Waals surface area contributed by atoms with E-state index in [1.165, 1.54) is 88.1 Å². The maximum atomic E-state index is 2.55. The van der Waals surface area contributed by atoms with Gasteiger partial charge in [0.2, 0.25) is 0 Å². The van der Waals surface area contributed by atoms with E-state index in [0.29, 0.717) is 5.92 Å². The van der Waals surface area contributed by atoms with E-state index in [1.54, 1.807) is 11.1 Å². The second kappa shape index (κ2) is 12.3. The Morgan fingerprint density at radius 2 is 1.25 bits per heavy atom. The summed E-state index contributed by atoms with van der Waals surface area (Å²) in [4.78, 5) is 2.49. The molecule has 3 saturated carbocycles. The number of benzene rings is 6. The molecule has 0 aliphatic heterocycles. The van der Waals surface area contributed by atoms with Crippen LogP contribution in [0.2, 0.25) is 0 Å². The summed E-state index contributed by atoms with van der Waals surface area (Å²) in [5, 5.41) is 0. The molecule has 0 aromatic heterocycles. The van der Waals surface area contributed by atoms with Gasteiger partial charge in [-0.05, 0) is 137 Å². The van der Waals surface area contributed by atoms with Gasteiger partial charge in [0, 0.05) is 28.3 Å². The lowest BCUT2D eigenvalue weighted by Gasteiger charge is -2.44. The van der Waals surface area contributed by atoms with Gasteiger partial charge in [0.15, 0.2) is 0 Å². The molecule has 53 heavy (non-hydrogen) atoms. The Bertz CT molecular complexity index is 2380. The number of allylic oxidation sites excluding steroid dienone is 3. The summed E-state index contributed by atoms with van der Waals surface area (Å²) in [6.07, 6.45) is 15.2. The number of fused-ring (bicyclic) bond motifs is 7. The second-order valence-electron chi connectivity index (χ2n) is 16.4. The molecular formula is C52H45N. The fourth-order valence-corrected chi connectivity index (χ4v) is 11.5. The third-order valence-electron chi connectivity index (χ3n) is 14.0. The first kappa shape index (κ1) is 31.2. The highest BCUT2D eigenvalue weighted by atomic mass is 15.1. The monoisotopic (exact) mass is 683 g/mol. The predicted octanol–water partition coefficient (Wildman–Crippen LogP) is 13.5. The molecule has 11 rings (SSSR count). The molecule has 4 unspecified atom stereocenters. The van der Waals surface area contributed by atoms with E-state index in [4.69, 9.17) is 0 Å². The van der Waals surface area contributed by atoms with Gasteiger partial charge >= 0.3 is 0 Å². The van der Waals surface area contributed by atoms with Gasteiger partial charge in [0.05, 0.1) is 5.69 Å². The van der Waals surface area contributed by atoms with Gasteiger partial charge in [-0.2, -0.15) is 0 Å². The van der Waals surface area contributed by atoms with Crippen molar-refractivity contribution in [1.29, 1.82) is 0 Å². The highest BCUT2D eigenvalue weighted by molar-refractivity contribution is 5.90. The van der Waals surface area contributed by atoms with Crippen LogP contribution in [0.25, 0.3) is 33.4 Å². The maximum Gasteiger partial charge on any atom is 0.0539 e. The molecule has 258 valence electrons. The molecule has 1 nitrogen and oxygen atoms in total. The summed E-state index contributed by atoms with van der Waals surface area (Å²) in [7, 11) is 0. The average molecular weight is 684 g/mol. The minimum Gasteiger partial charge on any atom is -0.310 e. The van der Waals surface area contributed by atoms with Crippen LogP contribution in [0.4, 0.5) is 11.4 Å². The van der Waals surface area contributed by atoms with Crippen LogP contribution >= 0.6 is 0 Å². The third-order valence-corrected chi connectivity index (χ3v) is 14.0. The Balaban J connectivity index is 1.05. The van der Waals surface area contributed by atoms with E-state index in [1.807, 2.05) is 0 Å². The number of hydrogen-bond donors (Lipinski definition) is 0. The Hall–Kier alpha value is -5.40. The number of anilines is 2. The molecule has 6 aromatic carbocycles. The number of para-hydroxylation sites is 1.